The number of aliphatic hydroxyl groups is 2. The summed E-state index contributed by atoms with van der Waals surface area (Å²) in [5, 5.41) is 18.6. The highest BCUT2D eigenvalue weighted by atomic mass is 31.2. The molecule has 0 rings (SSSR count). The molecule has 0 aromatic rings. The van der Waals surface area contributed by atoms with Crippen LogP contribution in [-0.4, -0.2) is 45.2 Å². The Hall–Kier alpha value is 0.0300. The molecule has 170 valence electrons. The molecule has 4 N–H and O–H groups in total. The van der Waals surface area contributed by atoms with Crippen molar-refractivity contribution in [3.8, 4) is 0 Å². The molecule has 0 aliphatic carbocycles. The summed E-state index contributed by atoms with van der Waals surface area (Å²) in [6.45, 7) is 2.43. The Balaban J connectivity index is 3.21. The Morgan fingerprint density at radius 3 is 1.39 bits per heavy atom. The molecule has 0 bridgehead atoms. The summed E-state index contributed by atoms with van der Waals surface area (Å²) in [7, 11) is -4.68. The van der Waals surface area contributed by atoms with Crippen LogP contribution in [0.25, 0.3) is 0 Å². The topological polar surface area (TPSA) is 107 Å². The first-order valence-electron chi connectivity index (χ1n) is 11.4. The van der Waals surface area contributed by atoms with Gasteiger partial charge in [-0.05, 0) is 6.42 Å². The first kappa shape index (κ1) is 28.0. The van der Waals surface area contributed by atoms with E-state index in [4.69, 9.17) is 14.5 Å². The van der Waals surface area contributed by atoms with E-state index in [1.54, 1.807) is 0 Å². The third-order valence-electron chi connectivity index (χ3n) is 5.12. The summed E-state index contributed by atoms with van der Waals surface area (Å²) < 4.78 is 16.0. The molecule has 0 radical (unpaired) electrons. The van der Waals surface area contributed by atoms with Crippen LogP contribution in [0.15, 0.2) is 0 Å². The summed E-state index contributed by atoms with van der Waals surface area (Å²) in [5.41, 5.74) is 0. The van der Waals surface area contributed by atoms with Crippen molar-refractivity contribution >= 4 is 7.60 Å². The number of hydrogen-bond acceptors (Lipinski definition) is 4. The van der Waals surface area contributed by atoms with Gasteiger partial charge in [0.15, 0.2) is 5.85 Å². The Morgan fingerprint density at radius 1 is 0.679 bits per heavy atom. The second-order valence-corrected chi connectivity index (χ2v) is 9.66. The van der Waals surface area contributed by atoms with E-state index in [-0.39, 0.29) is 6.61 Å². The van der Waals surface area contributed by atoms with Gasteiger partial charge in [0.2, 0.25) is 0 Å². The first-order chi connectivity index (χ1) is 13.4. The minimum absolute atomic E-state index is 0.259. The normalized spacial score (nSPS) is 14.3. The van der Waals surface area contributed by atoms with Crippen LogP contribution in [-0.2, 0) is 9.30 Å². The highest BCUT2D eigenvalue weighted by Gasteiger charge is 2.33. The predicted molar refractivity (Wildman–Crippen MR) is 114 cm³/mol. The van der Waals surface area contributed by atoms with Gasteiger partial charge in [-0.25, -0.2) is 0 Å². The van der Waals surface area contributed by atoms with E-state index >= 15 is 0 Å². The maximum absolute atomic E-state index is 10.8. The Kier molecular flexibility index (Phi) is 19.0. The fourth-order valence-corrected chi connectivity index (χ4v) is 3.80. The van der Waals surface area contributed by atoms with Crippen LogP contribution in [0.4, 0.5) is 0 Å². The fraction of sp³-hybridized carbons (Fsp3) is 1.00. The van der Waals surface area contributed by atoms with Crippen molar-refractivity contribution in [1.29, 1.82) is 0 Å². The van der Waals surface area contributed by atoms with Gasteiger partial charge >= 0.3 is 7.60 Å². The number of hydrogen-bond donors (Lipinski definition) is 4. The quantitative estimate of drug-likeness (QED) is 0.150. The van der Waals surface area contributed by atoms with Crippen LogP contribution in [0.2, 0.25) is 0 Å². The Bertz CT molecular complexity index is 374. The SMILES string of the molecule is CCCCCCCCCCCCCCCCCCOC[C@H](O)C(O)P(=O)(O)O. The second-order valence-electron chi connectivity index (χ2n) is 7.95. The smallest absolute Gasteiger partial charge is 0.356 e. The Morgan fingerprint density at radius 2 is 1.04 bits per heavy atom. The maximum atomic E-state index is 10.8. The molecule has 0 amide bonds. The first-order valence-corrected chi connectivity index (χ1v) is 13.1. The zero-order valence-corrected chi connectivity index (χ0v) is 18.8. The van der Waals surface area contributed by atoms with E-state index in [1.165, 1.54) is 83.5 Å². The monoisotopic (exact) mass is 424 g/mol. The molecule has 0 fully saturated rings. The van der Waals surface area contributed by atoms with Crippen LogP contribution in [0, 0.1) is 0 Å². The second kappa shape index (κ2) is 19.0. The summed E-state index contributed by atoms with van der Waals surface area (Å²) >= 11 is 0. The van der Waals surface area contributed by atoms with Gasteiger partial charge in [0.1, 0.15) is 6.10 Å². The largest absolute Gasteiger partial charge is 0.387 e. The van der Waals surface area contributed by atoms with Crippen molar-refractivity contribution in [2.75, 3.05) is 13.2 Å². The molecule has 0 spiro atoms. The summed E-state index contributed by atoms with van der Waals surface area (Å²) in [4.78, 5) is 17.5. The fourth-order valence-electron chi connectivity index (χ4n) is 3.27. The lowest BCUT2D eigenvalue weighted by Gasteiger charge is -2.18. The average molecular weight is 425 g/mol. The lowest BCUT2D eigenvalue weighted by molar-refractivity contribution is -0.0169. The zero-order valence-electron chi connectivity index (χ0n) is 17.9. The third kappa shape index (κ3) is 18.1. The minimum Gasteiger partial charge on any atom is -0.387 e. The highest BCUT2D eigenvalue weighted by molar-refractivity contribution is 7.52. The molecule has 0 saturated heterocycles. The van der Waals surface area contributed by atoms with Gasteiger partial charge in [0, 0.05) is 6.61 Å². The van der Waals surface area contributed by atoms with Crippen LogP contribution < -0.4 is 0 Å². The Labute approximate surface area is 172 Å². The minimum atomic E-state index is -4.68. The number of ether oxygens (including phenoxy) is 1. The molecule has 0 saturated carbocycles. The number of unbranched alkanes of at least 4 members (excludes halogenated alkanes) is 15. The molecule has 0 aromatic heterocycles. The highest BCUT2D eigenvalue weighted by Crippen LogP contribution is 2.41. The van der Waals surface area contributed by atoms with E-state index in [1.807, 2.05) is 0 Å². The van der Waals surface area contributed by atoms with E-state index in [9.17, 15) is 14.8 Å². The van der Waals surface area contributed by atoms with Gasteiger partial charge in [-0.2, -0.15) is 0 Å². The maximum Gasteiger partial charge on any atom is 0.356 e. The standard InChI is InChI=1S/C21H45O6P/c1-2-3-4-5-6-7-8-9-10-11-12-13-14-15-16-17-18-27-19-20(22)21(23)28(24,25)26/h20-23H,2-19H2,1H3,(H2,24,25,26)/t20-,21?/m0/s1. The molecule has 0 heterocycles. The van der Waals surface area contributed by atoms with Gasteiger partial charge in [-0.15, -0.1) is 0 Å². The molecule has 1 unspecified atom stereocenters. The average Bonchev–Trinajstić information content (AvgIpc) is 2.65. The van der Waals surface area contributed by atoms with Crippen LogP contribution >= 0.6 is 7.60 Å². The molecule has 7 heteroatoms. The van der Waals surface area contributed by atoms with Crippen molar-refractivity contribution in [1.82, 2.24) is 0 Å². The van der Waals surface area contributed by atoms with Gasteiger partial charge in [0.25, 0.3) is 0 Å². The number of aliphatic hydroxyl groups excluding tert-OH is 2. The van der Waals surface area contributed by atoms with Crippen molar-refractivity contribution < 1.29 is 29.3 Å². The third-order valence-corrected chi connectivity index (χ3v) is 6.15. The van der Waals surface area contributed by atoms with E-state index in [0.717, 1.165) is 19.3 Å². The van der Waals surface area contributed by atoms with Crippen molar-refractivity contribution in [3.05, 3.63) is 0 Å². The summed E-state index contributed by atoms with van der Waals surface area (Å²) in [5.74, 6) is -2.07. The number of rotatable bonds is 21. The summed E-state index contributed by atoms with van der Waals surface area (Å²) in [6.07, 6.45) is 19.2. The van der Waals surface area contributed by atoms with Crippen molar-refractivity contribution in [3.63, 3.8) is 0 Å². The molecule has 0 aliphatic rings. The predicted octanol–water partition coefficient (Wildman–Crippen LogP) is 5.12. The summed E-state index contributed by atoms with van der Waals surface area (Å²) in [6, 6.07) is 0. The zero-order chi connectivity index (χ0) is 21.1. The van der Waals surface area contributed by atoms with E-state index in [2.05, 4.69) is 6.92 Å². The molecule has 0 aliphatic heterocycles. The molecule has 28 heavy (non-hydrogen) atoms. The van der Waals surface area contributed by atoms with Crippen molar-refractivity contribution in [2.24, 2.45) is 0 Å². The van der Waals surface area contributed by atoms with Gasteiger partial charge < -0.3 is 24.7 Å². The van der Waals surface area contributed by atoms with Crippen LogP contribution in [0.5, 0.6) is 0 Å². The van der Waals surface area contributed by atoms with Crippen molar-refractivity contribution in [2.45, 2.75) is 122 Å². The van der Waals surface area contributed by atoms with Gasteiger partial charge in [-0.3, -0.25) is 4.57 Å². The molecular weight excluding hydrogens is 379 g/mol. The lowest BCUT2D eigenvalue weighted by Crippen LogP contribution is -2.30. The van der Waals surface area contributed by atoms with Crippen LogP contribution in [0.1, 0.15) is 110 Å². The molecule has 6 nitrogen and oxygen atoms in total. The van der Waals surface area contributed by atoms with Gasteiger partial charge in [-0.1, -0.05) is 103 Å². The lowest BCUT2D eigenvalue weighted by atomic mass is 10.0. The van der Waals surface area contributed by atoms with E-state index in [0.29, 0.717) is 6.61 Å². The van der Waals surface area contributed by atoms with E-state index < -0.39 is 19.5 Å². The van der Waals surface area contributed by atoms with Crippen LogP contribution in [0.3, 0.4) is 0 Å². The molecular formula is C21H45O6P. The van der Waals surface area contributed by atoms with Gasteiger partial charge in [0.05, 0.1) is 6.61 Å². The molecule has 2 atom stereocenters. The molecule has 0 aromatic carbocycles.